The van der Waals surface area contributed by atoms with Gasteiger partial charge in [-0.05, 0) is 49.6 Å². The van der Waals surface area contributed by atoms with Crippen LogP contribution in [0.2, 0.25) is 5.02 Å². The van der Waals surface area contributed by atoms with E-state index in [0.717, 1.165) is 35.5 Å². The number of halogens is 1. The highest BCUT2D eigenvalue weighted by Gasteiger charge is 2.33. The van der Waals surface area contributed by atoms with Gasteiger partial charge in [-0.15, -0.1) is 0 Å². The minimum absolute atomic E-state index is 0.127. The van der Waals surface area contributed by atoms with Gasteiger partial charge >= 0.3 is 0 Å². The van der Waals surface area contributed by atoms with Crippen LogP contribution in [0, 0.1) is 6.92 Å². The second-order valence-electron chi connectivity index (χ2n) is 6.38. The average molecular weight is 352 g/mol. The first kappa shape index (κ1) is 15.9. The topological polar surface area (TPSA) is 46.9 Å². The zero-order valence-corrected chi connectivity index (χ0v) is 14.6. The Morgan fingerprint density at radius 3 is 2.64 bits per heavy atom. The fourth-order valence-corrected chi connectivity index (χ4v) is 3.10. The van der Waals surface area contributed by atoms with E-state index in [4.69, 9.17) is 11.6 Å². The molecule has 1 aliphatic carbocycles. The number of anilines is 1. The second kappa shape index (κ2) is 6.37. The molecule has 4 rings (SSSR count). The van der Waals surface area contributed by atoms with Crippen molar-refractivity contribution in [2.75, 3.05) is 5.32 Å². The first-order chi connectivity index (χ1) is 12.1. The Bertz CT molecular complexity index is 929. The lowest BCUT2D eigenvalue weighted by molar-refractivity contribution is 0.102. The van der Waals surface area contributed by atoms with Crippen molar-refractivity contribution in [3.05, 3.63) is 76.6 Å². The number of aromatic nitrogens is 2. The van der Waals surface area contributed by atoms with Crippen LogP contribution in [-0.2, 0) is 0 Å². The molecule has 0 unspecified atom stereocenters. The second-order valence-corrected chi connectivity index (χ2v) is 6.79. The SMILES string of the molecule is Cc1ccc(-n2ncc(C(=O)Nc3ccccc3)c2C2CC2)cc1Cl. The molecule has 3 aromatic rings. The van der Waals surface area contributed by atoms with Crippen LogP contribution in [0.4, 0.5) is 5.69 Å². The molecule has 1 aromatic heterocycles. The lowest BCUT2D eigenvalue weighted by Crippen LogP contribution is -2.14. The fraction of sp³-hybridized carbons (Fsp3) is 0.200. The minimum atomic E-state index is -0.127. The molecule has 1 aliphatic rings. The quantitative estimate of drug-likeness (QED) is 0.721. The summed E-state index contributed by atoms with van der Waals surface area (Å²) in [7, 11) is 0. The zero-order valence-electron chi connectivity index (χ0n) is 13.9. The lowest BCUT2D eigenvalue weighted by Gasteiger charge is -2.10. The molecule has 1 heterocycles. The van der Waals surface area contributed by atoms with Crippen LogP contribution < -0.4 is 5.32 Å². The number of nitrogens with one attached hydrogen (secondary N) is 1. The molecule has 1 saturated carbocycles. The van der Waals surface area contributed by atoms with E-state index >= 15 is 0 Å². The van der Waals surface area contributed by atoms with Gasteiger partial charge in [-0.1, -0.05) is 35.9 Å². The van der Waals surface area contributed by atoms with Gasteiger partial charge in [-0.2, -0.15) is 5.10 Å². The zero-order chi connectivity index (χ0) is 17.4. The predicted octanol–water partition coefficient (Wildman–Crippen LogP) is 4.96. The molecular weight excluding hydrogens is 334 g/mol. The van der Waals surface area contributed by atoms with Crippen molar-refractivity contribution in [2.24, 2.45) is 0 Å². The standard InChI is InChI=1S/C20H18ClN3O/c1-13-7-10-16(11-18(13)21)24-19(14-8-9-14)17(12-22-24)20(25)23-15-5-3-2-4-6-15/h2-7,10-12,14H,8-9H2,1H3,(H,23,25). The van der Waals surface area contributed by atoms with Crippen LogP contribution in [0.5, 0.6) is 0 Å². The van der Waals surface area contributed by atoms with E-state index in [2.05, 4.69) is 10.4 Å². The molecule has 0 atom stereocenters. The number of amides is 1. The van der Waals surface area contributed by atoms with E-state index in [1.54, 1.807) is 6.20 Å². The smallest absolute Gasteiger partial charge is 0.259 e. The highest BCUT2D eigenvalue weighted by molar-refractivity contribution is 6.31. The maximum absolute atomic E-state index is 12.7. The van der Waals surface area contributed by atoms with Crippen LogP contribution >= 0.6 is 11.6 Å². The average Bonchev–Trinajstić information content (AvgIpc) is 3.36. The Kier molecular flexibility index (Phi) is 4.06. The molecule has 1 fully saturated rings. The maximum Gasteiger partial charge on any atom is 0.259 e. The number of hydrogen-bond acceptors (Lipinski definition) is 2. The number of nitrogens with zero attached hydrogens (tertiary/aromatic N) is 2. The van der Waals surface area contributed by atoms with E-state index in [1.807, 2.05) is 60.1 Å². The van der Waals surface area contributed by atoms with Gasteiger partial charge in [0.15, 0.2) is 0 Å². The van der Waals surface area contributed by atoms with Crippen LogP contribution in [0.15, 0.2) is 54.7 Å². The van der Waals surface area contributed by atoms with E-state index in [-0.39, 0.29) is 5.91 Å². The molecule has 25 heavy (non-hydrogen) atoms. The summed E-state index contributed by atoms with van der Waals surface area (Å²) in [5.74, 6) is 0.247. The van der Waals surface area contributed by atoms with Crippen LogP contribution in [0.1, 0.15) is 40.4 Å². The van der Waals surface area contributed by atoms with Crippen LogP contribution in [-0.4, -0.2) is 15.7 Å². The number of rotatable bonds is 4. The Morgan fingerprint density at radius 2 is 1.96 bits per heavy atom. The number of carbonyl (C=O) groups excluding carboxylic acids is 1. The normalized spacial score (nSPS) is 13.7. The van der Waals surface area contributed by atoms with Crippen molar-refractivity contribution in [1.82, 2.24) is 9.78 Å². The van der Waals surface area contributed by atoms with E-state index in [9.17, 15) is 4.79 Å². The van der Waals surface area contributed by atoms with E-state index < -0.39 is 0 Å². The third-order valence-electron chi connectivity index (χ3n) is 4.45. The highest BCUT2D eigenvalue weighted by atomic mass is 35.5. The molecule has 126 valence electrons. The Labute approximate surface area is 151 Å². The summed E-state index contributed by atoms with van der Waals surface area (Å²) < 4.78 is 1.85. The van der Waals surface area contributed by atoms with Gasteiger partial charge in [0.1, 0.15) is 0 Å². The molecule has 0 spiro atoms. The molecule has 0 bridgehead atoms. The Hall–Kier alpha value is -2.59. The highest BCUT2D eigenvalue weighted by Crippen LogP contribution is 2.42. The summed E-state index contributed by atoms with van der Waals surface area (Å²) in [6.07, 6.45) is 3.81. The first-order valence-electron chi connectivity index (χ1n) is 8.34. The third kappa shape index (κ3) is 3.17. The Balaban J connectivity index is 1.71. The van der Waals surface area contributed by atoms with Gasteiger partial charge in [-0.25, -0.2) is 4.68 Å². The van der Waals surface area contributed by atoms with Crippen molar-refractivity contribution in [2.45, 2.75) is 25.7 Å². The fourth-order valence-electron chi connectivity index (χ4n) is 2.92. The molecular formula is C20H18ClN3O. The lowest BCUT2D eigenvalue weighted by atomic mass is 10.1. The molecule has 0 aliphatic heterocycles. The molecule has 4 nitrogen and oxygen atoms in total. The number of carbonyl (C=O) groups is 1. The molecule has 0 radical (unpaired) electrons. The van der Waals surface area contributed by atoms with Crippen LogP contribution in [0.25, 0.3) is 5.69 Å². The van der Waals surface area contributed by atoms with Crippen molar-refractivity contribution in [1.29, 1.82) is 0 Å². The monoisotopic (exact) mass is 351 g/mol. The summed E-state index contributed by atoms with van der Waals surface area (Å²) in [6, 6.07) is 15.3. The molecule has 1 N–H and O–H groups in total. The molecule has 1 amide bonds. The number of hydrogen-bond donors (Lipinski definition) is 1. The predicted molar refractivity (Wildman–Crippen MR) is 99.7 cm³/mol. The summed E-state index contributed by atoms with van der Waals surface area (Å²) in [5, 5.41) is 8.13. The van der Waals surface area contributed by atoms with Gasteiger partial charge in [0.05, 0.1) is 23.1 Å². The minimum Gasteiger partial charge on any atom is -0.322 e. The summed E-state index contributed by atoms with van der Waals surface area (Å²) in [6.45, 7) is 1.97. The molecule has 0 saturated heterocycles. The van der Waals surface area contributed by atoms with Crippen LogP contribution in [0.3, 0.4) is 0 Å². The number of aryl methyl sites for hydroxylation is 1. The van der Waals surface area contributed by atoms with Gasteiger partial charge in [0, 0.05) is 16.6 Å². The number of benzene rings is 2. The van der Waals surface area contributed by atoms with E-state index in [0.29, 0.717) is 16.5 Å². The summed E-state index contributed by atoms with van der Waals surface area (Å²) in [4.78, 5) is 12.7. The summed E-state index contributed by atoms with van der Waals surface area (Å²) in [5.41, 5.74) is 4.28. The summed E-state index contributed by atoms with van der Waals surface area (Å²) >= 11 is 6.27. The van der Waals surface area contributed by atoms with Crippen molar-refractivity contribution >= 4 is 23.2 Å². The molecule has 2 aromatic carbocycles. The molecule has 5 heteroatoms. The van der Waals surface area contributed by atoms with Gasteiger partial charge in [0.25, 0.3) is 5.91 Å². The van der Waals surface area contributed by atoms with Gasteiger partial charge in [0.2, 0.25) is 0 Å². The van der Waals surface area contributed by atoms with Crippen molar-refractivity contribution in [3.63, 3.8) is 0 Å². The largest absolute Gasteiger partial charge is 0.322 e. The van der Waals surface area contributed by atoms with Gasteiger partial charge < -0.3 is 5.32 Å². The van der Waals surface area contributed by atoms with Crippen molar-refractivity contribution in [3.8, 4) is 5.69 Å². The Morgan fingerprint density at radius 1 is 1.20 bits per heavy atom. The maximum atomic E-state index is 12.7. The van der Waals surface area contributed by atoms with E-state index in [1.165, 1.54) is 0 Å². The van der Waals surface area contributed by atoms with Gasteiger partial charge in [-0.3, -0.25) is 4.79 Å². The number of para-hydroxylation sites is 1. The first-order valence-corrected chi connectivity index (χ1v) is 8.72. The van der Waals surface area contributed by atoms with Crippen molar-refractivity contribution < 1.29 is 4.79 Å². The third-order valence-corrected chi connectivity index (χ3v) is 4.85.